The molecular weight excluding hydrogens is 238 g/mol. The highest BCUT2D eigenvalue weighted by Gasteiger charge is 2.22. The van der Waals surface area contributed by atoms with Crippen LogP contribution in [0, 0.1) is 0 Å². The third-order valence-corrected chi connectivity index (χ3v) is 3.09. The fourth-order valence-electron chi connectivity index (χ4n) is 2.12. The maximum absolute atomic E-state index is 11.9. The highest BCUT2D eigenvalue weighted by atomic mass is 16.2. The van der Waals surface area contributed by atoms with E-state index in [0.29, 0.717) is 11.1 Å². The monoisotopic (exact) mass is 249 g/mol. The number of aldehydes is 1. The lowest BCUT2D eigenvalue weighted by atomic mass is 10.0. The molecule has 0 bridgehead atoms. The summed E-state index contributed by atoms with van der Waals surface area (Å²) in [6, 6.07) is 14.7. The van der Waals surface area contributed by atoms with E-state index in [0.717, 1.165) is 23.1 Å². The van der Waals surface area contributed by atoms with Crippen LogP contribution in [0.4, 0.5) is 5.69 Å². The molecule has 0 atom stereocenters. The van der Waals surface area contributed by atoms with Crippen molar-refractivity contribution >= 4 is 29.5 Å². The lowest BCUT2D eigenvalue weighted by molar-refractivity contribution is -0.110. The number of carbonyl (C=O) groups excluding carboxylic acids is 2. The van der Waals surface area contributed by atoms with Gasteiger partial charge in [-0.05, 0) is 17.7 Å². The van der Waals surface area contributed by atoms with Gasteiger partial charge < -0.3 is 5.32 Å². The molecule has 1 amide bonds. The predicted molar refractivity (Wildman–Crippen MR) is 74.8 cm³/mol. The van der Waals surface area contributed by atoms with Crippen molar-refractivity contribution < 1.29 is 9.59 Å². The Kier molecular flexibility index (Phi) is 2.72. The Balaban J connectivity index is 2.03. The summed E-state index contributed by atoms with van der Waals surface area (Å²) in [5.74, 6) is -0.0966. The second-order valence-electron chi connectivity index (χ2n) is 4.34. The minimum Gasteiger partial charge on any atom is -0.321 e. The number of amides is 1. The highest BCUT2D eigenvalue weighted by Crippen LogP contribution is 2.32. The van der Waals surface area contributed by atoms with Gasteiger partial charge in [0.1, 0.15) is 6.29 Å². The highest BCUT2D eigenvalue weighted by molar-refractivity contribution is 6.34. The van der Waals surface area contributed by atoms with E-state index in [-0.39, 0.29) is 5.91 Å². The topological polar surface area (TPSA) is 46.2 Å². The molecule has 3 rings (SSSR count). The molecule has 3 nitrogen and oxygen atoms in total. The van der Waals surface area contributed by atoms with Gasteiger partial charge in [-0.2, -0.15) is 0 Å². The van der Waals surface area contributed by atoms with E-state index < -0.39 is 0 Å². The second kappa shape index (κ2) is 4.53. The molecule has 0 fully saturated rings. The molecule has 3 heteroatoms. The molecule has 2 aromatic carbocycles. The summed E-state index contributed by atoms with van der Waals surface area (Å²) in [4.78, 5) is 22.5. The summed E-state index contributed by atoms with van der Waals surface area (Å²) >= 11 is 0. The molecule has 0 aromatic heterocycles. The van der Waals surface area contributed by atoms with E-state index in [1.54, 1.807) is 12.1 Å². The summed E-state index contributed by atoms with van der Waals surface area (Å²) in [6.07, 6.45) is 2.63. The quantitative estimate of drug-likeness (QED) is 0.657. The number of hydrogen-bond donors (Lipinski definition) is 1. The number of rotatable bonds is 2. The maximum Gasteiger partial charge on any atom is 0.256 e. The molecule has 19 heavy (non-hydrogen) atoms. The first-order chi connectivity index (χ1) is 9.28. The minimum atomic E-state index is -0.0966. The third kappa shape index (κ3) is 2.06. The number of anilines is 1. The van der Waals surface area contributed by atoms with Gasteiger partial charge >= 0.3 is 0 Å². The van der Waals surface area contributed by atoms with Crippen LogP contribution in [-0.2, 0) is 4.79 Å². The number of fused-ring (bicyclic) bond motifs is 1. The molecule has 0 radical (unpaired) electrons. The molecule has 0 spiro atoms. The summed E-state index contributed by atoms with van der Waals surface area (Å²) in [5.41, 5.74) is 3.91. The van der Waals surface area contributed by atoms with Crippen molar-refractivity contribution in [2.24, 2.45) is 0 Å². The van der Waals surface area contributed by atoms with Gasteiger partial charge in [0.25, 0.3) is 5.91 Å². The van der Waals surface area contributed by atoms with Crippen LogP contribution < -0.4 is 5.32 Å². The Morgan fingerprint density at radius 3 is 2.32 bits per heavy atom. The van der Waals surface area contributed by atoms with Crippen LogP contribution in [0.2, 0.25) is 0 Å². The summed E-state index contributed by atoms with van der Waals surface area (Å²) in [7, 11) is 0. The summed E-state index contributed by atoms with van der Waals surface area (Å²) in [5, 5.41) is 2.83. The third-order valence-electron chi connectivity index (χ3n) is 3.09. The van der Waals surface area contributed by atoms with Crippen LogP contribution in [0.1, 0.15) is 21.5 Å². The standard InChI is InChI=1S/C16H11NO2/c18-10-12-7-5-11(6-8-12)9-14-13-3-1-2-4-15(13)17-16(14)19/h1-10H,(H,17,19). The smallest absolute Gasteiger partial charge is 0.256 e. The fraction of sp³-hybridized carbons (Fsp3) is 0. The maximum atomic E-state index is 11.9. The Labute approximate surface area is 110 Å². The second-order valence-corrected chi connectivity index (χ2v) is 4.34. The average molecular weight is 249 g/mol. The first kappa shape index (κ1) is 11.4. The van der Waals surface area contributed by atoms with E-state index in [1.165, 1.54) is 0 Å². The Hall–Kier alpha value is -2.68. The molecule has 0 unspecified atom stereocenters. The predicted octanol–water partition coefficient (Wildman–Crippen LogP) is 2.99. The molecule has 1 aliphatic rings. The van der Waals surface area contributed by atoms with Gasteiger partial charge in [0.2, 0.25) is 0 Å². The van der Waals surface area contributed by atoms with E-state index in [4.69, 9.17) is 0 Å². The largest absolute Gasteiger partial charge is 0.321 e. The molecule has 0 saturated heterocycles. The van der Waals surface area contributed by atoms with Gasteiger partial charge in [-0.15, -0.1) is 0 Å². The van der Waals surface area contributed by atoms with Crippen LogP contribution >= 0.6 is 0 Å². The van der Waals surface area contributed by atoms with Gasteiger partial charge in [0, 0.05) is 22.4 Å². The Morgan fingerprint density at radius 1 is 0.895 bits per heavy atom. The number of hydrogen-bond acceptors (Lipinski definition) is 2. The van der Waals surface area contributed by atoms with E-state index >= 15 is 0 Å². The molecule has 92 valence electrons. The molecule has 1 aliphatic heterocycles. The van der Waals surface area contributed by atoms with Gasteiger partial charge in [-0.25, -0.2) is 0 Å². The fourth-order valence-corrected chi connectivity index (χ4v) is 2.12. The van der Waals surface area contributed by atoms with Gasteiger partial charge in [-0.3, -0.25) is 9.59 Å². The van der Waals surface area contributed by atoms with Crippen LogP contribution in [-0.4, -0.2) is 12.2 Å². The average Bonchev–Trinajstić information content (AvgIpc) is 2.76. The minimum absolute atomic E-state index is 0.0966. The van der Waals surface area contributed by atoms with Crippen LogP contribution in [0.15, 0.2) is 48.5 Å². The van der Waals surface area contributed by atoms with E-state index in [9.17, 15) is 9.59 Å². The SMILES string of the molecule is O=Cc1ccc(C=C2C(=O)Nc3ccccc32)cc1. The van der Waals surface area contributed by atoms with Crippen LogP contribution in [0.5, 0.6) is 0 Å². The van der Waals surface area contributed by atoms with Crippen molar-refractivity contribution in [3.63, 3.8) is 0 Å². The Morgan fingerprint density at radius 2 is 1.58 bits per heavy atom. The molecule has 1 N–H and O–H groups in total. The number of benzene rings is 2. The van der Waals surface area contributed by atoms with Crippen molar-refractivity contribution in [1.82, 2.24) is 0 Å². The number of nitrogens with one attached hydrogen (secondary N) is 1. The summed E-state index contributed by atoms with van der Waals surface area (Å²) in [6.45, 7) is 0. The van der Waals surface area contributed by atoms with E-state index in [2.05, 4.69) is 5.32 Å². The van der Waals surface area contributed by atoms with Gasteiger partial charge in [0.05, 0.1) is 0 Å². The van der Waals surface area contributed by atoms with E-state index in [1.807, 2.05) is 42.5 Å². The van der Waals surface area contributed by atoms with Crippen LogP contribution in [0.25, 0.3) is 11.6 Å². The molecule has 0 saturated carbocycles. The van der Waals surface area contributed by atoms with Crippen molar-refractivity contribution in [2.75, 3.05) is 5.32 Å². The van der Waals surface area contributed by atoms with Gasteiger partial charge in [0.15, 0.2) is 0 Å². The normalized spacial score (nSPS) is 15.2. The molecule has 1 heterocycles. The molecule has 2 aromatic rings. The summed E-state index contributed by atoms with van der Waals surface area (Å²) < 4.78 is 0. The van der Waals surface area contributed by atoms with Crippen LogP contribution in [0.3, 0.4) is 0 Å². The van der Waals surface area contributed by atoms with Crippen molar-refractivity contribution in [1.29, 1.82) is 0 Å². The molecule has 0 aliphatic carbocycles. The van der Waals surface area contributed by atoms with Gasteiger partial charge in [-0.1, -0.05) is 42.5 Å². The number of para-hydroxylation sites is 1. The Bertz CT molecular complexity index is 684. The number of carbonyl (C=O) groups is 2. The zero-order chi connectivity index (χ0) is 13.2. The zero-order valence-corrected chi connectivity index (χ0v) is 10.1. The lowest BCUT2D eigenvalue weighted by Crippen LogP contribution is -2.03. The molecular formula is C16H11NO2. The zero-order valence-electron chi connectivity index (χ0n) is 10.1. The van der Waals surface area contributed by atoms with Crippen molar-refractivity contribution in [3.8, 4) is 0 Å². The van der Waals surface area contributed by atoms with Crippen molar-refractivity contribution in [2.45, 2.75) is 0 Å². The first-order valence-electron chi connectivity index (χ1n) is 5.95. The first-order valence-corrected chi connectivity index (χ1v) is 5.95. The lowest BCUT2D eigenvalue weighted by Gasteiger charge is -1.98. The van der Waals surface area contributed by atoms with Crippen molar-refractivity contribution in [3.05, 3.63) is 65.2 Å².